The molecule has 20 heavy (non-hydrogen) atoms. The van der Waals surface area contributed by atoms with Gasteiger partial charge in [0.25, 0.3) is 0 Å². The maximum atomic E-state index is 6.03. The summed E-state index contributed by atoms with van der Waals surface area (Å²) in [6.45, 7) is 3.26. The highest BCUT2D eigenvalue weighted by molar-refractivity contribution is 5.64. The normalized spacial score (nSPS) is 15.1. The van der Waals surface area contributed by atoms with Crippen LogP contribution in [-0.2, 0) is 0 Å². The van der Waals surface area contributed by atoms with Crippen LogP contribution >= 0.6 is 0 Å². The van der Waals surface area contributed by atoms with Crippen LogP contribution in [0.2, 0.25) is 0 Å². The third-order valence-electron chi connectivity index (χ3n) is 3.33. The van der Waals surface area contributed by atoms with Gasteiger partial charge in [0, 0.05) is 11.6 Å². The molecule has 5 nitrogen and oxygen atoms in total. The Hall–Kier alpha value is -2.01. The summed E-state index contributed by atoms with van der Waals surface area (Å²) in [5.41, 5.74) is 7.73. The van der Waals surface area contributed by atoms with Gasteiger partial charge in [0.15, 0.2) is 17.3 Å². The van der Waals surface area contributed by atoms with Gasteiger partial charge in [-0.1, -0.05) is 18.5 Å². The van der Waals surface area contributed by atoms with Crippen molar-refractivity contribution >= 4 is 0 Å². The minimum Gasteiger partial charge on any atom is -0.486 e. The molecule has 1 aromatic carbocycles. The highest BCUT2D eigenvalue weighted by Gasteiger charge is 2.16. The molecule has 0 radical (unpaired) electrons. The van der Waals surface area contributed by atoms with Gasteiger partial charge in [0.05, 0.1) is 6.04 Å². The van der Waals surface area contributed by atoms with E-state index in [2.05, 4.69) is 12.1 Å². The van der Waals surface area contributed by atoms with Crippen molar-refractivity contribution in [3.63, 3.8) is 0 Å². The van der Waals surface area contributed by atoms with Crippen molar-refractivity contribution in [3.8, 4) is 22.8 Å². The molecule has 1 aromatic heterocycles. The van der Waals surface area contributed by atoms with Crippen molar-refractivity contribution in [3.05, 3.63) is 30.0 Å². The van der Waals surface area contributed by atoms with Crippen LogP contribution < -0.4 is 15.2 Å². The molecule has 0 amide bonds. The van der Waals surface area contributed by atoms with Gasteiger partial charge in [-0.05, 0) is 24.6 Å². The third-order valence-corrected chi connectivity index (χ3v) is 3.33. The lowest BCUT2D eigenvalue weighted by Crippen LogP contribution is -2.15. The Balaban J connectivity index is 1.86. The number of aromatic nitrogens is 1. The second kappa shape index (κ2) is 5.54. The molecule has 0 fully saturated rings. The van der Waals surface area contributed by atoms with E-state index >= 15 is 0 Å². The first-order chi connectivity index (χ1) is 9.78. The zero-order valence-electron chi connectivity index (χ0n) is 11.5. The van der Waals surface area contributed by atoms with Gasteiger partial charge in [-0.25, -0.2) is 0 Å². The molecule has 1 unspecified atom stereocenters. The number of nitrogens with zero attached hydrogens (tertiary/aromatic N) is 1. The number of hydrogen-bond donors (Lipinski definition) is 1. The van der Waals surface area contributed by atoms with Gasteiger partial charge < -0.3 is 19.7 Å². The van der Waals surface area contributed by atoms with E-state index in [0.717, 1.165) is 41.4 Å². The molecule has 1 aliphatic heterocycles. The standard InChI is InChI=1S/C15H18N2O3/c1-2-3-11(16)14-9-12(17-20-14)10-4-5-13-15(8-10)19-7-6-18-13/h4-5,8-9,11H,2-3,6-7,16H2,1H3. The molecule has 0 saturated carbocycles. The average Bonchev–Trinajstić information content (AvgIpc) is 2.97. The van der Waals surface area contributed by atoms with Gasteiger partial charge in [0.2, 0.25) is 0 Å². The number of fused-ring (bicyclic) bond motifs is 1. The number of hydrogen-bond acceptors (Lipinski definition) is 5. The molecular formula is C15H18N2O3. The van der Waals surface area contributed by atoms with Crippen molar-refractivity contribution in [2.75, 3.05) is 13.2 Å². The summed E-state index contributed by atoms with van der Waals surface area (Å²) in [7, 11) is 0. The fourth-order valence-corrected chi connectivity index (χ4v) is 2.26. The summed E-state index contributed by atoms with van der Waals surface area (Å²) >= 11 is 0. The van der Waals surface area contributed by atoms with Crippen LogP contribution in [0.15, 0.2) is 28.8 Å². The lowest BCUT2D eigenvalue weighted by atomic mass is 10.1. The predicted molar refractivity (Wildman–Crippen MR) is 74.8 cm³/mol. The van der Waals surface area contributed by atoms with Crippen molar-refractivity contribution in [1.82, 2.24) is 5.16 Å². The van der Waals surface area contributed by atoms with E-state index in [1.165, 1.54) is 0 Å². The molecule has 0 bridgehead atoms. The second-order valence-corrected chi connectivity index (χ2v) is 4.87. The first-order valence-corrected chi connectivity index (χ1v) is 6.90. The summed E-state index contributed by atoms with van der Waals surface area (Å²) in [6, 6.07) is 7.55. The molecular weight excluding hydrogens is 256 g/mol. The van der Waals surface area contributed by atoms with Crippen molar-refractivity contribution in [2.24, 2.45) is 5.73 Å². The molecule has 5 heteroatoms. The van der Waals surface area contributed by atoms with E-state index < -0.39 is 0 Å². The molecule has 0 saturated heterocycles. The fraction of sp³-hybridized carbons (Fsp3) is 0.400. The highest BCUT2D eigenvalue weighted by Crippen LogP contribution is 2.34. The molecule has 0 aliphatic carbocycles. The summed E-state index contributed by atoms with van der Waals surface area (Å²) < 4.78 is 16.4. The highest BCUT2D eigenvalue weighted by atomic mass is 16.6. The van der Waals surface area contributed by atoms with E-state index in [9.17, 15) is 0 Å². The van der Waals surface area contributed by atoms with E-state index in [1.54, 1.807) is 0 Å². The summed E-state index contributed by atoms with van der Waals surface area (Å²) in [4.78, 5) is 0. The lowest BCUT2D eigenvalue weighted by molar-refractivity contribution is 0.171. The monoisotopic (exact) mass is 274 g/mol. The number of nitrogens with two attached hydrogens (primary N) is 1. The van der Waals surface area contributed by atoms with Crippen molar-refractivity contribution < 1.29 is 14.0 Å². The number of benzene rings is 1. The van der Waals surface area contributed by atoms with E-state index in [4.69, 9.17) is 19.7 Å². The molecule has 2 aromatic rings. The van der Waals surface area contributed by atoms with E-state index in [-0.39, 0.29) is 6.04 Å². The van der Waals surface area contributed by atoms with E-state index in [1.807, 2.05) is 24.3 Å². The first-order valence-electron chi connectivity index (χ1n) is 6.90. The predicted octanol–water partition coefficient (Wildman–Crippen LogP) is 2.91. The van der Waals surface area contributed by atoms with Crippen LogP contribution in [0.4, 0.5) is 0 Å². The Morgan fingerprint density at radius 1 is 1.20 bits per heavy atom. The van der Waals surface area contributed by atoms with Crippen LogP contribution in [-0.4, -0.2) is 18.4 Å². The first kappa shape index (κ1) is 13.0. The maximum absolute atomic E-state index is 6.03. The third kappa shape index (κ3) is 2.49. The minimum atomic E-state index is -0.0986. The lowest BCUT2D eigenvalue weighted by Gasteiger charge is -2.18. The molecule has 2 N–H and O–H groups in total. The fourth-order valence-electron chi connectivity index (χ4n) is 2.26. The minimum absolute atomic E-state index is 0.0986. The van der Waals surface area contributed by atoms with Gasteiger partial charge in [0.1, 0.15) is 18.9 Å². The molecule has 1 aliphatic rings. The number of rotatable bonds is 4. The van der Waals surface area contributed by atoms with Crippen LogP contribution in [0.1, 0.15) is 31.6 Å². The summed E-state index contributed by atoms with van der Waals surface area (Å²) in [5, 5.41) is 4.09. The van der Waals surface area contributed by atoms with Gasteiger partial charge in [-0.3, -0.25) is 0 Å². The average molecular weight is 274 g/mol. The van der Waals surface area contributed by atoms with Crippen LogP contribution in [0.5, 0.6) is 11.5 Å². The molecule has 3 rings (SSSR count). The Morgan fingerprint density at radius 2 is 2.00 bits per heavy atom. The zero-order valence-corrected chi connectivity index (χ0v) is 11.5. The van der Waals surface area contributed by atoms with Gasteiger partial charge in [-0.2, -0.15) is 0 Å². The number of ether oxygens (including phenoxy) is 2. The van der Waals surface area contributed by atoms with Crippen molar-refractivity contribution in [2.45, 2.75) is 25.8 Å². The SMILES string of the molecule is CCCC(N)c1cc(-c2ccc3c(c2)OCCO3)no1. The summed E-state index contributed by atoms with van der Waals surface area (Å²) in [5.74, 6) is 2.24. The van der Waals surface area contributed by atoms with Gasteiger partial charge in [-0.15, -0.1) is 0 Å². The summed E-state index contributed by atoms with van der Waals surface area (Å²) in [6.07, 6.45) is 1.90. The Bertz CT molecular complexity index is 595. The van der Waals surface area contributed by atoms with Crippen LogP contribution in [0, 0.1) is 0 Å². The quantitative estimate of drug-likeness (QED) is 0.928. The largest absolute Gasteiger partial charge is 0.486 e. The topological polar surface area (TPSA) is 70.5 Å². The van der Waals surface area contributed by atoms with Crippen molar-refractivity contribution in [1.29, 1.82) is 0 Å². The second-order valence-electron chi connectivity index (χ2n) is 4.87. The van der Waals surface area contributed by atoms with Gasteiger partial charge >= 0.3 is 0 Å². The van der Waals surface area contributed by atoms with Crippen LogP contribution in [0.3, 0.4) is 0 Å². The smallest absolute Gasteiger partial charge is 0.162 e. The van der Waals surface area contributed by atoms with Crippen LogP contribution in [0.25, 0.3) is 11.3 Å². The van der Waals surface area contributed by atoms with E-state index in [0.29, 0.717) is 13.2 Å². The Morgan fingerprint density at radius 3 is 2.80 bits per heavy atom. The maximum Gasteiger partial charge on any atom is 0.162 e. The molecule has 1 atom stereocenters. The zero-order chi connectivity index (χ0) is 13.9. The Kier molecular flexibility index (Phi) is 3.60. The molecule has 106 valence electrons. The molecule has 0 spiro atoms. The molecule has 2 heterocycles. The Labute approximate surface area is 117 Å².